The molecule has 3 aromatic rings. The minimum absolute atomic E-state index is 0. The second-order valence-corrected chi connectivity index (χ2v) is 9.70. The standard InChI is InChI=1S/2C8H6ClF3N2O2.C5H4ClF3N2.C5H6O2.CH4/c2*1-4-6(9)7(8(10,11)12)13-14(4)3-2-5(15)16;1-2-3(6)4(11-10-2)5(7,8)9;1-3-5(6)7-4-2;/h2*2-3H,1H3,(H,15,16);1H3,(H,10,11);1H,4H2,2H3;1H4/b3-2+;3-2-;;;. The number of alkyl halides is 9. The van der Waals surface area contributed by atoms with Gasteiger partial charge in [-0.15, -0.1) is 6.42 Å². The number of nitrogens with zero attached hydrogens (tertiary/aromatic N) is 5. The zero-order valence-electron chi connectivity index (χ0n) is 25.4. The Morgan fingerprint density at radius 1 is 0.784 bits per heavy atom. The first kappa shape index (κ1) is 48.4. The Morgan fingerprint density at radius 2 is 1.14 bits per heavy atom. The summed E-state index contributed by atoms with van der Waals surface area (Å²) >= 11 is 16.1. The first-order chi connectivity index (χ1) is 22.7. The lowest BCUT2D eigenvalue weighted by molar-refractivity contribution is -0.142. The second-order valence-electron chi connectivity index (χ2n) is 8.56. The molecule has 0 fully saturated rings. The van der Waals surface area contributed by atoms with E-state index in [0.29, 0.717) is 18.8 Å². The molecule has 51 heavy (non-hydrogen) atoms. The molecule has 12 nitrogen and oxygen atoms in total. The molecular weight excluding hydrogens is 782 g/mol. The van der Waals surface area contributed by atoms with Crippen LogP contribution in [0, 0.1) is 33.1 Å². The maximum Gasteiger partial charge on any atom is 0.436 e. The SMILES string of the molecule is C.C#CC(=O)OCC.Cc1[nH]nc(C(F)(F)F)c1Cl.Cc1c(Cl)c(C(F)(F)F)nn1/C=C/C(=O)O.Cc1c(Cl)c(C(F)(F)F)nn1/C=C\C(=O)O. The average molecular weight is 808 g/mol. The molecule has 0 saturated heterocycles. The maximum absolute atomic E-state index is 12.3. The Morgan fingerprint density at radius 3 is 1.31 bits per heavy atom. The molecule has 3 aromatic heterocycles. The van der Waals surface area contributed by atoms with Crippen LogP contribution in [-0.4, -0.2) is 64.5 Å². The highest BCUT2D eigenvalue weighted by Crippen LogP contribution is 2.36. The van der Waals surface area contributed by atoms with Crippen molar-refractivity contribution >= 4 is 65.1 Å². The van der Waals surface area contributed by atoms with Crippen molar-refractivity contribution in [1.82, 2.24) is 29.8 Å². The molecule has 3 heterocycles. The third-order valence-electron chi connectivity index (χ3n) is 4.94. The van der Waals surface area contributed by atoms with Crippen molar-refractivity contribution in [1.29, 1.82) is 0 Å². The predicted octanol–water partition coefficient (Wildman–Crippen LogP) is 8.05. The zero-order chi connectivity index (χ0) is 39.4. The highest BCUT2D eigenvalue weighted by Gasteiger charge is 2.39. The van der Waals surface area contributed by atoms with E-state index in [2.05, 4.69) is 31.6 Å². The van der Waals surface area contributed by atoms with Crippen molar-refractivity contribution in [3.05, 3.63) is 61.4 Å². The number of aryl methyl sites for hydroxylation is 1. The second kappa shape index (κ2) is 20.2. The summed E-state index contributed by atoms with van der Waals surface area (Å²) in [5, 5.41) is 26.7. The van der Waals surface area contributed by atoms with Gasteiger partial charge in [-0.25, -0.2) is 23.7 Å². The fourth-order valence-corrected chi connectivity index (χ4v) is 3.35. The summed E-state index contributed by atoms with van der Waals surface area (Å²) in [5.41, 5.74) is -3.27. The largest absolute Gasteiger partial charge is 0.478 e. The van der Waals surface area contributed by atoms with E-state index >= 15 is 0 Å². The van der Waals surface area contributed by atoms with E-state index in [1.807, 2.05) is 0 Å². The first-order valence-corrected chi connectivity index (χ1v) is 13.7. The maximum atomic E-state index is 12.3. The van der Waals surface area contributed by atoms with Gasteiger partial charge in [0, 0.05) is 30.5 Å². The number of H-pyrrole nitrogens is 1. The fourth-order valence-electron chi connectivity index (χ4n) is 2.69. The Bertz CT molecular complexity index is 1670. The molecule has 0 radical (unpaired) electrons. The lowest BCUT2D eigenvalue weighted by atomic mass is 10.3. The van der Waals surface area contributed by atoms with Gasteiger partial charge in [-0.3, -0.25) is 5.10 Å². The number of aliphatic carboxylic acids is 2. The molecule has 0 amide bonds. The van der Waals surface area contributed by atoms with Crippen molar-refractivity contribution in [3.63, 3.8) is 0 Å². The number of hydrogen-bond acceptors (Lipinski definition) is 7. The van der Waals surface area contributed by atoms with Gasteiger partial charge < -0.3 is 14.9 Å². The number of carboxylic acids is 2. The number of carbonyl (C=O) groups is 3. The van der Waals surface area contributed by atoms with Gasteiger partial charge in [-0.05, 0) is 27.7 Å². The zero-order valence-corrected chi connectivity index (χ0v) is 27.7. The number of nitrogens with one attached hydrogen (secondary N) is 1. The first-order valence-electron chi connectivity index (χ1n) is 12.6. The summed E-state index contributed by atoms with van der Waals surface area (Å²) in [7, 11) is 0. The lowest BCUT2D eigenvalue weighted by Crippen LogP contribution is -2.07. The van der Waals surface area contributed by atoms with Crippen LogP contribution in [-0.2, 0) is 37.6 Å². The predicted molar refractivity (Wildman–Crippen MR) is 165 cm³/mol. The molecular formula is C27H26Cl3F9N6O6. The summed E-state index contributed by atoms with van der Waals surface area (Å²) in [5.74, 6) is -1.37. The van der Waals surface area contributed by atoms with E-state index in [1.54, 1.807) is 12.8 Å². The van der Waals surface area contributed by atoms with Gasteiger partial charge in [-0.2, -0.15) is 54.8 Å². The number of terminal acetylenes is 1. The summed E-state index contributed by atoms with van der Waals surface area (Å²) in [6.07, 6.45) is -6.06. The number of halogens is 12. The Kier molecular flexibility index (Phi) is 19.2. The molecule has 24 heteroatoms. The van der Waals surface area contributed by atoms with Crippen LogP contribution in [0.4, 0.5) is 39.5 Å². The average Bonchev–Trinajstić information content (AvgIpc) is 3.59. The Hall–Kier alpha value is -4.68. The minimum atomic E-state index is -4.66. The number of hydrogen-bond donors (Lipinski definition) is 3. The quantitative estimate of drug-likeness (QED) is 0.0761. The smallest absolute Gasteiger partial charge is 0.436 e. The summed E-state index contributed by atoms with van der Waals surface area (Å²) in [6, 6.07) is 0. The van der Waals surface area contributed by atoms with Crippen LogP contribution in [0.1, 0.15) is 48.5 Å². The Balaban J connectivity index is 0. The number of ether oxygens (including phenoxy) is 1. The highest BCUT2D eigenvalue weighted by molar-refractivity contribution is 6.32. The number of carboxylic acid groups (broad SMARTS) is 2. The van der Waals surface area contributed by atoms with Crippen molar-refractivity contribution in [2.24, 2.45) is 0 Å². The van der Waals surface area contributed by atoms with Gasteiger partial charge in [0.15, 0.2) is 17.1 Å². The Labute approximate surface area is 297 Å². The van der Waals surface area contributed by atoms with Gasteiger partial charge >= 0.3 is 36.4 Å². The van der Waals surface area contributed by atoms with Crippen LogP contribution >= 0.6 is 34.8 Å². The van der Waals surface area contributed by atoms with Gasteiger partial charge in [0.1, 0.15) is 0 Å². The number of aromatic amines is 1. The molecule has 284 valence electrons. The molecule has 0 atom stereocenters. The van der Waals surface area contributed by atoms with Crippen LogP contribution in [0.2, 0.25) is 15.1 Å². The molecule has 3 rings (SSSR count). The summed E-state index contributed by atoms with van der Waals surface area (Å²) in [6.45, 7) is 6.08. The number of aromatic nitrogens is 6. The molecule has 0 unspecified atom stereocenters. The van der Waals surface area contributed by atoms with Crippen molar-refractivity contribution in [2.45, 2.75) is 53.7 Å². The van der Waals surface area contributed by atoms with Crippen molar-refractivity contribution in [3.8, 4) is 12.3 Å². The fraction of sp³-hybridized carbons (Fsp3) is 0.333. The lowest BCUT2D eigenvalue weighted by Gasteiger charge is -2.00. The number of esters is 1. The third-order valence-corrected chi connectivity index (χ3v) is 6.31. The van der Waals surface area contributed by atoms with Crippen LogP contribution in [0.5, 0.6) is 0 Å². The summed E-state index contributed by atoms with van der Waals surface area (Å²) in [4.78, 5) is 30.3. The normalized spacial score (nSPS) is 11.3. The number of carbonyl (C=O) groups excluding carboxylic acids is 1. The molecule has 0 aromatic carbocycles. The number of rotatable bonds is 5. The van der Waals surface area contributed by atoms with E-state index in [4.69, 9.17) is 45.0 Å². The van der Waals surface area contributed by atoms with Gasteiger partial charge in [0.25, 0.3) is 0 Å². The van der Waals surface area contributed by atoms with E-state index in [0.717, 1.165) is 21.8 Å². The molecule has 0 aliphatic heterocycles. The van der Waals surface area contributed by atoms with Crippen LogP contribution in [0.3, 0.4) is 0 Å². The third kappa shape index (κ3) is 15.8. The summed E-state index contributed by atoms with van der Waals surface area (Å²) < 4.78 is 116. The molecule has 0 spiro atoms. The minimum Gasteiger partial charge on any atom is -0.478 e. The van der Waals surface area contributed by atoms with Crippen molar-refractivity contribution < 1.29 is 68.8 Å². The van der Waals surface area contributed by atoms with E-state index in [-0.39, 0.29) is 29.5 Å². The van der Waals surface area contributed by atoms with Gasteiger partial charge in [0.05, 0.1) is 38.8 Å². The van der Waals surface area contributed by atoms with Crippen LogP contribution in [0.25, 0.3) is 12.4 Å². The van der Waals surface area contributed by atoms with E-state index < -0.39 is 63.6 Å². The molecule has 3 N–H and O–H groups in total. The molecule has 0 saturated carbocycles. The monoisotopic (exact) mass is 806 g/mol. The molecule has 0 bridgehead atoms. The van der Waals surface area contributed by atoms with E-state index in [9.17, 15) is 53.9 Å². The molecule has 0 aliphatic rings. The highest BCUT2D eigenvalue weighted by atomic mass is 35.5. The van der Waals surface area contributed by atoms with Crippen LogP contribution < -0.4 is 0 Å². The van der Waals surface area contributed by atoms with Gasteiger partial charge in [0.2, 0.25) is 0 Å². The van der Waals surface area contributed by atoms with Crippen molar-refractivity contribution in [2.75, 3.05) is 6.61 Å². The molecule has 0 aliphatic carbocycles. The van der Waals surface area contributed by atoms with Crippen LogP contribution in [0.15, 0.2) is 12.2 Å². The van der Waals surface area contributed by atoms with Gasteiger partial charge in [-0.1, -0.05) is 42.2 Å². The van der Waals surface area contributed by atoms with E-state index in [1.165, 1.54) is 20.8 Å². The topological polar surface area (TPSA) is 165 Å².